The smallest absolute Gasteiger partial charge is 0.254 e. The number of nitrogens with one attached hydrogen (secondary N) is 2. The molecule has 0 radical (unpaired) electrons. The number of carbonyl (C=O) groups excluding carboxylic acids is 1. The fraction of sp³-hybridized carbons (Fsp3) is 0.385. The van der Waals surface area contributed by atoms with Gasteiger partial charge in [0.1, 0.15) is 0 Å². The number of aromatic nitrogens is 1. The number of H-pyrrole nitrogens is 1. The average Bonchev–Trinajstić information content (AvgIpc) is 3.11. The predicted molar refractivity (Wildman–Crippen MR) is 68.9 cm³/mol. The van der Waals surface area contributed by atoms with E-state index in [9.17, 15) is 4.79 Å². The van der Waals surface area contributed by atoms with Crippen molar-refractivity contribution in [1.82, 2.24) is 10.3 Å². The highest BCUT2D eigenvalue weighted by Gasteiger charge is 2.26. The van der Waals surface area contributed by atoms with Crippen molar-refractivity contribution in [3.63, 3.8) is 0 Å². The number of allylic oxidation sites excluding steroid dienone is 1. The second-order valence-electron chi connectivity index (χ2n) is 4.27. The molecule has 1 aromatic rings. The molecular weight excluding hydrogens is 214 g/mol. The summed E-state index contributed by atoms with van der Waals surface area (Å²) in [7, 11) is 1.62. The van der Waals surface area contributed by atoms with E-state index < -0.39 is 0 Å². The SMILES string of the molecule is C=CC(=Nc1c(C(=O)NC)c[nH]c1C)C1CC1. The molecule has 2 rings (SSSR count). The lowest BCUT2D eigenvalue weighted by Gasteiger charge is -2.02. The predicted octanol–water partition coefficient (Wildman–Crippen LogP) is 2.35. The Kier molecular flexibility index (Phi) is 3.13. The summed E-state index contributed by atoms with van der Waals surface area (Å²) in [5.74, 6) is 0.409. The van der Waals surface area contributed by atoms with E-state index in [0.717, 1.165) is 17.1 Å². The van der Waals surface area contributed by atoms with Crippen LogP contribution >= 0.6 is 0 Å². The van der Waals surface area contributed by atoms with Crippen LogP contribution in [0.2, 0.25) is 0 Å². The Labute approximate surface area is 101 Å². The molecule has 1 amide bonds. The van der Waals surface area contributed by atoms with E-state index >= 15 is 0 Å². The molecule has 2 N–H and O–H groups in total. The van der Waals surface area contributed by atoms with Gasteiger partial charge in [0.2, 0.25) is 0 Å². The average molecular weight is 231 g/mol. The van der Waals surface area contributed by atoms with Crippen molar-refractivity contribution < 1.29 is 4.79 Å². The molecule has 0 aliphatic heterocycles. The molecule has 1 aliphatic rings. The van der Waals surface area contributed by atoms with Gasteiger partial charge in [-0.25, -0.2) is 0 Å². The minimum absolute atomic E-state index is 0.118. The topological polar surface area (TPSA) is 57.2 Å². The number of carbonyl (C=O) groups is 1. The van der Waals surface area contributed by atoms with Crippen LogP contribution in [0.25, 0.3) is 0 Å². The van der Waals surface area contributed by atoms with Crippen molar-refractivity contribution in [3.8, 4) is 0 Å². The minimum atomic E-state index is -0.118. The van der Waals surface area contributed by atoms with E-state index in [1.165, 1.54) is 12.8 Å². The Morgan fingerprint density at radius 3 is 2.88 bits per heavy atom. The Morgan fingerprint density at radius 2 is 2.35 bits per heavy atom. The Balaban J connectivity index is 2.39. The fourth-order valence-electron chi connectivity index (χ4n) is 1.78. The molecule has 17 heavy (non-hydrogen) atoms. The lowest BCUT2D eigenvalue weighted by Crippen LogP contribution is -2.17. The molecule has 0 bridgehead atoms. The molecule has 0 spiro atoms. The number of aliphatic imine (C=N–C) groups is 1. The summed E-state index contributed by atoms with van der Waals surface area (Å²) in [6, 6.07) is 0. The highest BCUT2D eigenvalue weighted by molar-refractivity contribution is 6.04. The van der Waals surface area contributed by atoms with Gasteiger partial charge in [-0.1, -0.05) is 6.58 Å². The van der Waals surface area contributed by atoms with Crippen molar-refractivity contribution >= 4 is 17.3 Å². The van der Waals surface area contributed by atoms with Gasteiger partial charge in [-0.15, -0.1) is 0 Å². The molecule has 1 heterocycles. The number of hydrogen-bond acceptors (Lipinski definition) is 2. The van der Waals surface area contributed by atoms with Crippen molar-refractivity contribution in [1.29, 1.82) is 0 Å². The van der Waals surface area contributed by atoms with Crippen molar-refractivity contribution in [2.75, 3.05) is 7.05 Å². The normalized spacial score (nSPS) is 15.8. The molecule has 90 valence electrons. The summed E-state index contributed by atoms with van der Waals surface area (Å²) < 4.78 is 0. The highest BCUT2D eigenvalue weighted by Crippen LogP contribution is 2.34. The highest BCUT2D eigenvalue weighted by atomic mass is 16.1. The van der Waals surface area contributed by atoms with Gasteiger partial charge < -0.3 is 10.3 Å². The number of aryl methyl sites for hydroxylation is 1. The third-order valence-electron chi connectivity index (χ3n) is 2.96. The molecule has 0 aromatic carbocycles. The summed E-state index contributed by atoms with van der Waals surface area (Å²) >= 11 is 0. The van der Waals surface area contributed by atoms with Gasteiger partial charge in [0, 0.05) is 30.6 Å². The molecule has 1 aromatic heterocycles. The molecule has 1 aliphatic carbocycles. The Morgan fingerprint density at radius 1 is 1.65 bits per heavy atom. The number of rotatable bonds is 4. The lowest BCUT2D eigenvalue weighted by atomic mass is 10.2. The summed E-state index contributed by atoms with van der Waals surface area (Å²) in [5.41, 5.74) is 3.21. The van der Waals surface area contributed by atoms with Crippen LogP contribution in [-0.4, -0.2) is 23.7 Å². The molecule has 1 fully saturated rings. The third kappa shape index (κ3) is 2.30. The van der Waals surface area contributed by atoms with Gasteiger partial charge in [-0.2, -0.15) is 0 Å². The Hall–Kier alpha value is -1.84. The van der Waals surface area contributed by atoms with Gasteiger partial charge in [0.25, 0.3) is 5.91 Å². The molecule has 4 heteroatoms. The van der Waals surface area contributed by atoms with Crippen LogP contribution in [0.4, 0.5) is 5.69 Å². The zero-order valence-electron chi connectivity index (χ0n) is 10.2. The molecule has 0 unspecified atom stereocenters. The van der Waals surface area contributed by atoms with Crippen molar-refractivity contribution in [2.45, 2.75) is 19.8 Å². The van der Waals surface area contributed by atoms with Crippen LogP contribution in [0.3, 0.4) is 0 Å². The summed E-state index contributed by atoms with van der Waals surface area (Å²) in [6.07, 6.45) is 5.83. The number of hydrogen-bond donors (Lipinski definition) is 2. The first-order valence-corrected chi connectivity index (χ1v) is 5.78. The first kappa shape index (κ1) is 11.6. The third-order valence-corrected chi connectivity index (χ3v) is 2.96. The van der Waals surface area contributed by atoms with E-state index in [0.29, 0.717) is 11.5 Å². The molecule has 4 nitrogen and oxygen atoms in total. The van der Waals surface area contributed by atoms with Crippen LogP contribution in [0.5, 0.6) is 0 Å². The first-order chi connectivity index (χ1) is 8.17. The van der Waals surface area contributed by atoms with E-state index in [1.807, 2.05) is 6.92 Å². The molecule has 1 saturated carbocycles. The number of aromatic amines is 1. The standard InChI is InChI=1S/C13H17N3O/c1-4-11(9-5-6-9)16-12-8(2)15-7-10(12)13(17)14-3/h4,7,9,15H,1,5-6H2,2-3H3,(H,14,17). The summed E-state index contributed by atoms with van der Waals surface area (Å²) in [4.78, 5) is 19.3. The van der Waals surface area contributed by atoms with Gasteiger partial charge in [-0.3, -0.25) is 9.79 Å². The quantitative estimate of drug-likeness (QED) is 0.768. The van der Waals surface area contributed by atoms with E-state index in [2.05, 4.69) is 21.9 Å². The minimum Gasteiger partial charge on any atom is -0.363 e. The van der Waals surface area contributed by atoms with Crippen LogP contribution in [0.15, 0.2) is 23.8 Å². The first-order valence-electron chi connectivity index (χ1n) is 5.78. The van der Waals surface area contributed by atoms with E-state index in [1.54, 1.807) is 19.3 Å². The second kappa shape index (κ2) is 4.57. The number of amides is 1. The monoisotopic (exact) mass is 231 g/mol. The summed E-state index contributed by atoms with van der Waals surface area (Å²) in [5, 5.41) is 2.62. The second-order valence-corrected chi connectivity index (χ2v) is 4.27. The van der Waals surface area contributed by atoms with Gasteiger partial charge >= 0.3 is 0 Å². The molecule has 0 saturated heterocycles. The van der Waals surface area contributed by atoms with Crippen LogP contribution in [0, 0.1) is 12.8 Å². The van der Waals surface area contributed by atoms with Crippen LogP contribution in [-0.2, 0) is 0 Å². The summed E-state index contributed by atoms with van der Waals surface area (Å²) in [6.45, 7) is 5.70. The lowest BCUT2D eigenvalue weighted by molar-refractivity contribution is 0.0964. The molecular formula is C13H17N3O. The largest absolute Gasteiger partial charge is 0.363 e. The van der Waals surface area contributed by atoms with Gasteiger partial charge in [-0.05, 0) is 25.8 Å². The zero-order valence-corrected chi connectivity index (χ0v) is 10.2. The maximum absolute atomic E-state index is 11.7. The molecule has 0 atom stereocenters. The maximum atomic E-state index is 11.7. The van der Waals surface area contributed by atoms with Gasteiger partial charge in [0.15, 0.2) is 0 Å². The van der Waals surface area contributed by atoms with Crippen molar-refractivity contribution in [3.05, 3.63) is 30.1 Å². The fourth-order valence-corrected chi connectivity index (χ4v) is 1.78. The zero-order chi connectivity index (χ0) is 12.4. The van der Waals surface area contributed by atoms with E-state index in [-0.39, 0.29) is 5.91 Å². The van der Waals surface area contributed by atoms with Crippen LogP contribution < -0.4 is 5.32 Å². The maximum Gasteiger partial charge on any atom is 0.254 e. The van der Waals surface area contributed by atoms with Crippen LogP contribution in [0.1, 0.15) is 28.9 Å². The Bertz CT molecular complexity index is 481. The number of nitrogens with zero attached hydrogens (tertiary/aromatic N) is 1. The van der Waals surface area contributed by atoms with E-state index in [4.69, 9.17) is 0 Å². The van der Waals surface area contributed by atoms with Gasteiger partial charge in [0.05, 0.1) is 11.3 Å². The van der Waals surface area contributed by atoms with Crippen molar-refractivity contribution in [2.24, 2.45) is 10.9 Å².